The van der Waals surface area contributed by atoms with Crippen molar-refractivity contribution in [2.24, 2.45) is 0 Å². The summed E-state index contributed by atoms with van der Waals surface area (Å²) < 4.78 is 10.6. The van der Waals surface area contributed by atoms with Gasteiger partial charge in [0, 0.05) is 23.1 Å². The standard InChI is InChI=1S/C21H18O4/c1-14-8-10-18-17(12-20(23)25-21(18)15(14)2)13-24-19(22)11-9-16-6-4-3-5-7-16/h3-12H,13H2,1-2H3/b11-9+. The summed E-state index contributed by atoms with van der Waals surface area (Å²) in [6, 6.07) is 14.7. The Balaban J connectivity index is 1.79. The summed E-state index contributed by atoms with van der Waals surface area (Å²) in [5.41, 5.74) is 3.58. The molecule has 0 spiro atoms. The van der Waals surface area contributed by atoms with E-state index in [4.69, 9.17) is 9.15 Å². The molecule has 3 aromatic rings. The van der Waals surface area contributed by atoms with Gasteiger partial charge < -0.3 is 9.15 Å². The Labute approximate surface area is 145 Å². The Morgan fingerprint density at radius 2 is 1.88 bits per heavy atom. The van der Waals surface area contributed by atoms with Crippen molar-refractivity contribution >= 4 is 23.0 Å². The molecule has 0 radical (unpaired) electrons. The molecule has 1 heterocycles. The van der Waals surface area contributed by atoms with E-state index < -0.39 is 11.6 Å². The first-order valence-electron chi connectivity index (χ1n) is 7.97. The van der Waals surface area contributed by atoms with Crippen LogP contribution in [0.2, 0.25) is 0 Å². The van der Waals surface area contributed by atoms with Gasteiger partial charge in [-0.3, -0.25) is 0 Å². The minimum atomic E-state index is -0.464. The zero-order valence-electron chi connectivity index (χ0n) is 14.1. The van der Waals surface area contributed by atoms with Crippen molar-refractivity contribution < 1.29 is 13.9 Å². The summed E-state index contributed by atoms with van der Waals surface area (Å²) in [7, 11) is 0. The predicted molar refractivity (Wildman–Crippen MR) is 97.2 cm³/mol. The molecule has 2 aromatic carbocycles. The highest BCUT2D eigenvalue weighted by atomic mass is 16.5. The van der Waals surface area contributed by atoms with Crippen LogP contribution in [0.1, 0.15) is 22.3 Å². The topological polar surface area (TPSA) is 56.5 Å². The molecule has 4 heteroatoms. The molecule has 0 atom stereocenters. The van der Waals surface area contributed by atoms with Crippen LogP contribution in [-0.2, 0) is 16.1 Å². The zero-order chi connectivity index (χ0) is 17.8. The maximum Gasteiger partial charge on any atom is 0.336 e. The largest absolute Gasteiger partial charge is 0.458 e. The average molecular weight is 334 g/mol. The molecule has 0 aliphatic heterocycles. The van der Waals surface area contributed by atoms with Gasteiger partial charge in [0.15, 0.2) is 0 Å². The number of benzene rings is 2. The highest BCUT2D eigenvalue weighted by molar-refractivity contribution is 5.88. The minimum absolute atomic E-state index is 0.0164. The normalized spacial score (nSPS) is 11.1. The van der Waals surface area contributed by atoms with Gasteiger partial charge in [0.25, 0.3) is 0 Å². The number of fused-ring (bicyclic) bond motifs is 1. The van der Waals surface area contributed by atoms with E-state index >= 15 is 0 Å². The number of carbonyl (C=O) groups is 1. The van der Waals surface area contributed by atoms with Gasteiger partial charge in [0.05, 0.1) is 0 Å². The Morgan fingerprint density at radius 3 is 2.64 bits per heavy atom. The second-order valence-corrected chi connectivity index (χ2v) is 5.83. The Hall–Kier alpha value is -3.14. The van der Waals surface area contributed by atoms with E-state index in [-0.39, 0.29) is 6.61 Å². The Morgan fingerprint density at radius 1 is 1.12 bits per heavy atom. The maximum atomic E-state index is 11.9. The highest BCUT2D eigenvalue weighted by Gasteiger charge is 2.10. The van der Waals surface area contributed by atoms with Crippen molar-refractivity contribution in [2.75, 3.05) is 0 Å². The van der Waals surface area contributed by atoms with Crippen LogP contribution < -0.4 is 5.63 Å². The first-order valence-corrected chi connectivity index (χ1v) is 7.97. The number of aryl methyl sites for hydroxylation is 2. The first-order chi connectivity index (χ1) is 12.0. The number of carbonyl (C=O) groups excluding carboxylic acids is 1. The van der Waals surface area contributed by atoms with Crippen LogP contribution >= 0.6 is 0 Å². The van der Waals surface area contributed by atoms with E-state index in [1.54, 1.807) is 6.08 Å². The van der Waals surface area contributed by atoms with Gasteiger partial charge >= 0.3 is 11.6 Å². The van der Waals surface area contributed by atoms with Crippen molar-refractivity contribution in [3.8, 4) is 0 Å². The molecule has 0 fully saturated rings. The Bertz CT molecular complexity index is 998. The Kier molecular flexibility index (Phi) is 4.80. The molecule has 1 aromatic heterocycles. The molecule has 0 unspecified atom stereocenters. The predicted octanol–water partition coefficient (Wildman–Crippen LogP) is 4.17. The van der Waals surface area contributed by atoms with Crippen molar-refractivity contribution in [3.63, 3.8) is 0 Å². The van der Waals surface area contributed by atoms with Crippen LogP contribution in [0, 0.1) is 13.8 Å². The van der Waals surface area contributed by atoms with Crippen LogP contribution in [0.3, 0.4) is 0 Å². The average Bonchev–Trinajstić information content (AvgIpc) is 2.62. The smallest absolute Gasteiger partial charge is 0.336 e. The molecule has 0 N–H and O–H groups in total. The highest BCUT2D eigenvalue weighted by Crippen LogP contribution is 2.23. The molecule has 0 aliphatic rings. The summed E-state index contributed by atoms with van der Waals surface area (Å²) in [6.07, 6.45) is 3.06. The van der Waals surface area contributed by atoms with Crippen LogP contribution in [0.5, 0.6) is 0 Å². The van der Waals surface area contributed by atoms with Crippen molar-refractivity contribution in [1.82, 2.24) is 0 Å². The molecule has 126 valence electrons. The van der Waals surface area contributed by atoms with E-state index in [1.165, 1.54) is 12.1 Å². The molecule has 0 saturated heterocycles. The number of ether oxygens (including phenoxy) is 1. The summed E-state index contributed by atoms with van der Waals surface area (Å²) in [6.45, 7) is 3.87. The van der Waals surface area contributed by atoms with Crippen molar-refractivity contribution in [2.45, 2.75) is 20.5 Å². The fraction of sp³-hybridized carbons (Fsp3) is 0.143. The molecule has 3 rings (SSSR count). The van der Waals surface area contributed by atoms with Gasteiger partial charge in [-0.2, -0.15) is 0 Å². The lowest BCUT2D eigenvalue weighted by atomic mass is 10.0. The third kappa shape index (κ3) is 3.86. The van der Waals surface area contributed by atoms with E-state index in [9.17, 15) is 9.59 Å². The molecule has 0 aliphatic carbocycles. The van der Waals surface area contributed by atoms with E-state index in [0.29, 0.717) is 11.1 Å². The van der Waals surface area contributed by atoms with Crippen LogP contribution in [0.15, 0.2) is 63.8 Å². The summed E-state index contributed by atoms with van der Waals surface area (Å²) in [5, 5.41) is 0.780. The number of hydrogen-bond donors (Lipinski definition) is 0. The quantitative estimate of drug-likeness (QED) is 0.408. The van der Waals surface area contributed by atoms with Crippen molar-refractivity contribution in [3.05, 3.63) is 87.3 Å². The van der Waals surface area contributed by atoms with Gasteiger partial charge in [0.1, 0.15) is 12.2 Å². The first kappa shape index (κ1) is 16.7. The van der Waals surface area contributed by atoms with Crippen LogP contribution in [-0.4, -0.2) is 5.97 Å². The lowest BCUT2D eigenvalue weighted by molar-refractivity contribution is -0.138. The zero-order valence-corrected chi connectivity index (χ0v) is 14.1. The maximum absolute atomic E-state index is 11.9. The van der Waals surface area contributed by atoms with Crippen molar-refractivity contribution in [1.29, 1.82) is 0 Å². The number of esters is 1. The molecular weight excluding hydrogens is 316 g/mol. The molecule has 0 saturated carbocycles. The number of rotatable bonds is 4. The van der Waals surface area contributed by atoms with E-state index in [0.717, 1.165) is 22.1 Å². The minimum Gasteiger partial charge on any atom is -0.458 e. The summed E-state index contributed by atoms with van der Waals surface area (Å²) in [5.74, 6) is -0.464. The fourth-order valence-electron chi connectivity index (χ4n) is 2.57. The molecule has 25 heavy (non-hydrogen) atoms. The van der Waals surface area contributed by atoms with Gasteiger partial charge in [-0.05, 0) is 36.6 Å². The molecular formula is C21H18O4. The molecule has 0 amide bonds. The third-order valence-corrected chi connectivity index (χ3v) is 4.10. The lowest BCUT2D eigenvalue weighted by Crippen LogP contribution is -2.06. The lowest BCUT2D eigenvalue weighted by Gasteiger charge is -2.09. The van der Waals surface area contributed by atoms with Gasteiger partial charge in [-0.15, -0.1) is 0 Å². The third-order valence-electron chi connectivity index (χ3n) is 4.10. The van der Waals surface area contributed by atoms with Gasteiger partial charge in [-0.25, -0.2) is 9.59 Å². The van der Waals surface area contributed by atoms with Gasteiger partial charge in [-0.1, -0.05) is 42.5 Å². The molecule has 4 nitrogen and oxygen atoms in total. The van der Waals surface area contributed by atoms with E-state index in [2.05, 4.69) is 0 Å². The van der Waals surface area contributed by atoms with E-state index in [1.807, 2.05) is 56.3 Å². The summed E-state index contributed by atoms with van der Waals surface area (Å²) >= 11 is 0. The monoisotopic (exact) mass is 334 g/mol. The SMILES string of the molecule is Cc1ccc2c(COC(=O)/C=C/c3ccccc3)cc(=O)oc2c1C. The van der Waals surface area contributed by atoms with Gasteiger partial charge in [0.2, 0.25) is 0 Å². The van der Waals surface area contributed by atoms with Crippen LogP contribution in [0.25, 0.3) is 17.0 Å². The molecule has 0 bridgehead atoms. The number of hydrogen-bond acceptors (Lipinski definition) is 4. The fourth-order valence-corrected chi connectivity index (χ4v) is 2.57. The second kappa shape index (κ2) is 7.18. The summed E-state index contributed by atoms with van der Waals surface area (Å²) in [4.78, 5) is 23.7. The second-order valence-electron chi connectivity index (χ2n) is 5.83. The van der Waals surface area contributed by atoms with Crippen LogP contribution in [0.4, 0.5) is 0 Å².